The Kier molecular flexibility index (Phi) is 2.72. The van der Waals surface area contributed by atoms with Crippen LogP contribution in [0.15, 0.2) is 21.7 Å². The third-order valence-electron chi connectivity index (χ3n) is 1.61. The molecule has 0 amide bonds. The SMILES string of the molecule is C#CCC(N)c1cocc(O)c1=O. The molecule has 1 unspecified atom stereocenters. The summed E-state index contributed by atoms with van der Waals surface area (Å²) in [5.41, 5.74) is 5.22. The first-order valence-corrected chi connectivity index (χ1v) is 3.65. The van der Waals surface area contributed by atoms with Gasteiger partial charge in [-0.1, -0.05) is 0 Å². The van der Waals surface area contributed by atoms with Crippen LogP contribution in [0, 0.1) is 12.3 Å². The summed E-state index contributed by atoms with van der Waals surface area (Å²) in [7, 11) is 0. The van der Waals surface area contributed by atoms with Crippen LogP contribution in [-0.4, -0.2) is 5.11 Å². The molecule has 0 fully saturated rings. The second kappa shape index (κ2) is 3.78. The molecule has 1 atom stereocenters. The molecule has 68 valence electrons. The lowest BCUT2D eigenvalue weighted by Gasteiger charge is -2.05. The van der Waals surface area contributed by atoms with E-state index < -0.39 is 17.2 Å². The highest BCUT2D eigenvalue weighted by Gasteiger charge is 2.12. The predicted octanol–water partition coefficient (Wildman–Crippen LogP) is 0.368. The molecule has 0 aliphatic carbocycles. The van der Waals surface area contributed by atoms with Crippen LogP contribution in [0.4, 0.5) is 0 Å². The van der Waals surface area contributed by atoms with Crippen molar-refractivity contribution in [2.24, 2.45) is 5.73 Å². The van der Waals surface area contributed by atoms with Crippen LogP contribution in [0.1, 0.15) is 18.0 Å². The van der Waals surface area contributed by atoms with Crippen LogP contribution in [-0.2, 0) is 0 Å². The zero-order chi connectivity index (χ0) is 9.84. The molecular formula is C9H9NO3. The summed E-state index contributed by atoms with van der Waals surface area (Å²) in [6, 6.07) is -0.589. The Morgan fingerprint density at radius 3 is 3.00 bits per heavy atom. The van der Waals surface area contributed by atoms with E-state index in [-0.39, 0.29) is 12.0 Å². The molecule has 1 aromatic heterocycles. The first-order valence-electron chi connectivity index (χ1n) is 3.65. The molecule has 1 aromatic rings. The average Bonchev–Trinajstić information content (AvgIpc) is 2.10. The number of aromatic hydroxyl groups is 1. The van der Waals surface area contributed by atoms with Crippen LogP contribution in [0.25, 0.3) is 0 Å². The summed E-state index contributed by atoms with van der Waals surface area (Å²) >= 11 is 0. The van der Waals surface area contributed by atoms with E-state index in [1.165, 1.54) is 6.26 Å². The molecule has 13 heavy (non-hydrogen) atoms. The van der Waals surface area contributed by atoms with Gasteiger partial charge in [0.2, 0.25) is 5.43 Å². The van der Waals surface area contributed by atoms with Crippen molar-refractivity contribution in [1.82, 2.24) is 0 Å². The van der Waals surface area contributed by atoms with E-state index >= 15 is 0 Å². The lowest BCUT2D eigenvalue weighted by Crippen LogP contribution is -2.18. The second-order valence-corrected chi connectivity index (χ2v) is 2.56. The molecule has 4 nitrogen and oxygen atoms in total. The second-order valence-electron chi connectivity index (χ2n) is 2.56. The Hall–Kier alpha value is -1.73. The Bertz CT molecular complexity index is 389. The fourth-order valence-corrected chi connectivity index (χ4v) is 0.919. The smallest absolute Gasteiger partial charge is 0.231 e. The third kappa shape index (κ3) is 1.89. The number of nitrogens with two attached hydrogens (primary N) is 1. The number of hydrogen-bond donors (Lipinski definition) is 2. The highest BCUT2D eigenvalue weighted by atomic mass is 16.3. The summed E-state index contributed by atoms with van der Waals surface area (Å²) in [4.78, 5) is 11.2. The Balaban J connectivity index is 3.10. The number of rotatable bonds is 2. The maximum atomic E-state index is 11.2. The van der Waals surface area contributed by atoms with Gasteiger partial charge in [-0.25, -0.2) is 0 Å². The van der Waals surface area contributed by atoms with Crippen molar-refractivity contribution in [3.8, 4) is 18.1 Å². The average molecular weight is 179 g/mol. The molecule has 0 radical (unpaired) electrons. The van der Waals surface area contributed by atoms with Crippen LogP contribution < -0.4 is 11.2 Å². The molecule has 0 spiro atoms. The highest BCUT2D eigenvalue weighted by Crippen LogP contribution is 2.11. The molecule has 1 rings (SSSR count). The van der Waals surface area contributed by atoms with Gasteiger partial charge in [-0.2, -0.15) is 0 Å². The summed E-state index contributed by atoms with van der Waals surface area (Å²) < 4.78 is 4.69. The molecule has 3 N–H and O–H groups in total. The fraction of sp³-hybridized carbons (Fsp3) is 0.222. The van der Waals surface area contributed by atoms with Crippen LogP contribution in [0.5, 0.6) is 5.75 Å². The Labute approximate surface area is 75.0 Å². The van der Waals surface area contributed by atoms with Gasteiger partial charge < -0.3 is 15.3 Å². The molecule has 0 bridgehead atoms. The van der Waals surface area contributed by atoms with E-state index in [0.717, 1.165) is 6.26 Å². The molecule has 4 heteroatoms. The Morgan fingerprint density at radius 2 is 2.38 bits per heavy atom. The largest absolute Gasteiger partial charge is 0.502 e. The van der Waals surface area contributed by atoms with Crippen molar-refractivity contribution in [1.29, 1.82) is 0 Å². The standard InChI is InChI=1S/C9H9NO3/c1-2-3-7(10)6-4-13-5-8(11)9(6)12/h1,4-5,7,11H,3,10H2. The predicted molar refractivity (Wildman–Crippen MR) is 47.0 cm³/mol. The summed E-state index contributed by atoms with van der Waals surface area (Å²) in [6.45, 7) is 0. The first-order chi connectivity index (χ1) is 6.16. The van der Waals surface area contributed by atoms with Gasteiger partial charge in [0.25, 0.3) is 0 Å². The van der Waals surface area contributed by atoms with E-state index in [1.807, 2.05) is 0 Å². The number of hydrogen-bond acceptors (Lipinski definition) is 4. The van der Waals surface area contributed by atoms with Crippen molar-refractivity contribution in [2.45, 2.75) is 12.5 Å². The minimum Gasteiger partial charge on any atom is -0.502 e. The lowest BCUT2D eigenvalue weighted by atomic mass is 10.1. The van der Waals surface area contributed by atoms with Crippen molar-refractivity contribution in [2.75, 3.05) is 0 Å². The van der Waals surface area contributed by atoms with Crippen molar-refractivity contribution in [3.05, 3.63) is 28.3 Å². The van der Waals surface area contributed by atoms with Gasteiger partial charge >= 0.3 is 0 Å². The molecule has 0 aliphatic rings. The van der Waals surface area contributed by atoms with Gasteiger partial charge in [-0.05, 0) is 0 Å². The summed E-state index contributed by atoms with van der Waals surface area (Å²) in [5.74, 6) is 1.87. The fourth-order valence-electron chi connectivity index (χ4n) is 0.919. The minimum absolute atomic E-state index is 0.193. The first kappa shape index (κ1) is 9.36. The molecule has 0 aliphatic heterocycles. The molecule has 0 saturated carbocycles. The van der Waals surface area contributed by atoms with Gasteiger partial charge in [0, 0.05) is 12.5 Å². The maximum Gasteiger partial charge on any atom is 0.231 e. The monoisotopic (exact) mass is 179 g/mol. The molecule has 0 aromatic carbocycles. The van der Waals surface area contributed by atoms with Crippen LogP contribution >= 0.6 is 0 Å². The number of terminal acetylenes is 1. The molecular weight excluding hydrogens is 170 g/mol. The maximum absolute atomic E-state index is 11.2. The van der Waals surface area contributed by atoms with Gasteiger partial charge in [-0.3, -0.25) is 4.79 Å². The van der Waals surface area contributed by atoms with E-state index in [4.69, 9.17) is 17.3 Å². The van der Waals surface area contributed by atoms with Gasteiger partial charge in [0.15, 0.2) is 5.75 Å². The molecule has 1 heterocycles. The zero-order valence-electron chi connectivity index (χ0n) is 6.86. The van der Waals surface area contributed by atoms with Crippen LogP contribution in [0.2, 0.25) is 0 Å². The van der Waals surface area contributed by atoms with Crippen LogP contribution in [0.3, 0.4) is 0 Å². The Morgan fingerprint density at radius 1 is 1.69 bits per heavy atom. The summed E-state index contributed by atoms with van der Waals surface area (Å²) in [5, 5.41) is 9.00. The van der Waals surface area contributed by atoms with Gasteiger partial charge in [0.05, 0.1) is 11.8 Å². The van der Waals surface area contributed by atoms with E-state index in [2.05, 4.69) is 10.3 Å². The lowest BCUT2D eigenvalue weighted by molar-refractivity contribution is 0.422. The van der Waals surface area contributed by atoms with E-state index in [0.29, 0.717) is 0 Å². The van der Waals surface area contributed by atoms with Crippen molar-refractivity contribution in [3.63, 3.8) is 0 Å². The normalized spacial score (nSPS) is 12.0. The zero-order valence-corrected chi connectivity index (χ0v) is 6.86. The highest BCUT2D eigenvalue weighted by molar-refractivity contribution is 5.23. The van der Waals surface area contributed by atoms with E-state index in [9.17, 15) is 4.79 Å². The van der Waals surface area contributed by atoms with E-state index in [1.54, 1.807) is 0 Å². The third-order valence-corrected chi connectivity index (χ3v) is 1.61. The summed E-state index contributed by atoms with van der Waals surface area (Å²) in [6.07, 6.45) is 7.41. The van der Waals surface area contributed by atoms with Crippen molar-refractivity contribution < 1.29 is 9.52 Å². The topological polar surface area (TPSA) is 76.5 Å². The minimum atomic E-state index is -0.589. The quantitative estimate of drug-likeness (QED) is 0.643. The van der Waals surface area contributed by atoms with Gasteiger partial charge in [-0.15, -0.1) is 12.3 Å². The van der Waals surface area contributed by atoms with Crippen molar-refractivity contribution >= 4 is 0 Å². The molecule has 0 saturated heterocycles. The van der Waals surface area contributed by atoms with Gasteiger partial charge in [0.1, 0.15) is 6.26 Å².